The molecule has 0 spiro atoms. The first kappa shape index (κ1) is 15.1. The van der Waals surface area contributed by atoms with E-state index in [0.29, 0.717) is 5.56 Å². The van der Waals surface area contributed by atoms with Gasteiger partial charge >= 0.3 is 0 Å². The average Bonchev–Trinajstić information content (AvgIpc) is 2.22. The monoisotopic (exact) mass is 256 g/mol. The molecule has 0 saturated carbocycles. The van der Waals surface area contributed by atoms with E-state index in [0.717, 1.165) is 12.6 Å². The molecule has 1 aromatic rings. The lowest BCUT2D eigenvalue weighted by Crippen LogP contribution is -2.36. The van der Waals surface area contributed by atoms with Crippen molar-refractivity contribution in [2.75, 3.05) is 20.1 Å². The SMILES string of the molecule is CN(CC(C)(C)C)C(CN)c1cccc(F)c1F. The van der Waals surface area contributed by atoms with Crippen LogP contribution in [0.5, 0.6) is 0 Å². The van der Waals surface area contributed by atoms with Crippen molar-refractivity contribution in [3.05, 3.63) is 35.4 Å². The van der Waals surface area contributed by atoms with E-state index >= 15 is 0 Å². The largest absolute Gasteiger partial charge is 0.329 e. The van der Waals surface area contributed by atoms with Gasteiger partial charge in [-0.15, -0.1) is 0 Å². The second-order valence-electron chi connectivity index (χ2n) is 5.87. The van der Waals surface area contributed by atoms with Crippen LogP contribution in [0.2, 0.25) is 0 Å². The molecule has 0 heterocycles. The van der Waals surface area contributed by atoms with Crippen LogP contribution in [0.15, 0.2) is 18.2 Å². The highest BCUT2D eigenvalue weighted by Crippen LogP contribution is 2.26. The standard InChI is InChI=1S/C14H22F2N2/c1-14(2,3)9-18(4)12(8-17)10-6-5-7-11(15)13(10)16/h5-7,12H,8-9,17H2,1-4H3. The fourth-order valence-corrected chi connectivity index (χ4v) is 2.18. The highest BCUT2D eigenvalue weighted by molar-refractivity contribution is 5.23. The summed E-state index contributed by atoms with van der Waals surface area (Å²) in [4.78, 5) is 1.97. The van der Waals surface area contributed by atoms with Gasteiger partial charge < -0.3 is 5.73 Å². The van der Waals surface area contributed by atoms with Crippen molar-refractivity contribution in [3.8, 4) is 0 Å². The molecule has 0 saturated heterocycles. The van der Waals surface area contributed by atoms with Gasteiger partial charge in [-0.05, 0) is 18.5 Å². The molecule has 2 N–H and O–H groups in total. The normalized spacial score (nSPS) is 14.0. The number of hydrogen-bond acceptors (Lipinski definition) is 2. The highest BCUT2D eigenvalue weighted by atomic mass is 19.2. The second-order valence-corrected chi connectivity index (χ2v) is 5.87. The maximum absolute atomic E-state index is 13.8. The molecule has 0 aromatic heterocycles. The van der Waals surface area contributed by atoms with Gasteiger partial charge in [0.05, 0.1) is 0 Å². The lowest BCUT2D eigenvalue weighted by atomic mass is 9.94. The molecule has 0 aliphatic rings. The first-order chi connectivity index (χ1) is 8.26. The quantitative estimate of drug-likeness (QED) is 0.897. The van der Waals surface area contributed by atoms with E-state index in [-0.39, 0.29) is 18.0 Å². The zero-order valence-corrected chi connectivity index (χ0v) is 11.5. The summed E-state index contributed by atoms with van der Waals surface area (Å²) in [7, 11) is 1.88. The number of likely N-dealkylation sites (N-methyl/N-ethyl adjacent to an activating group) is 1. The van der Waals surface area contributed by atoms with Crippen LogP contribution in [0.4, 0.5) is 8.78 Å². The van der Waals surface area contributed by atoms with E-state index in [1.54, 1.807) is 6.07 Å². The Labute approximate surface area is 108 Å². The molecule has 18 heavy (non-hydrogen) atoms. The minimum Gasteiger partial charge on any atom is -0.329 e. The Bertz CT molecular complexity index is 399. The van der Waals surface area contributed by atoms with Crippen molar-refractivity contribution in [3.63, 3.8) is 0 Å². The molecular weight excluding hydrogens is 234 g/mol. The predicted molar refractivity (Wildman–Crippen MR) is 70.2 cm³/mol. The van der Waals surface area contributed by atoms with Crippen LogP contribution in [-0.4, -0.2) is 25.0 Å². The van der Waals surface area contributed by atoms with Crippen LogP contribution in [-0.2, 0) is 0 Å². The number of nitrogens with zero attached hydrogens (tertiary/aromatic N) is 1. The minimum atomic E-state index is -0.824. The van der Waals surface area contributed by atoms with Crippen molar-refractivity contribution in [1.82, 2.24) is 4.90 Å². The van der Waals surface area contributed by atoms with E-state index in [9.17, 15) is 8.78 Å². The Kier molecular flexibility index (Phi) is 4.82. The maximum Gasteiger partial charge on any atom is 0.163 e. The van der Waals surface area contributed by atoms with Gasteiger partial charge in [0.25, 0.3) is 0 Å². The van der Waals surface area contributed by atoms with Crippen LogP contribution in [0.1, 0.15) is 32.4 Å². The van der Waals surface area contributed by atoms with Crippen LogP contribution in [0, 0.1) is 17.0 Å². The van der Waals surface area contributed by atoms with Gasteiger partial charge in [0.1, 0.15) is 0 Å². The van der Waals surface area contributed by atoms with Gasteiger partial charge in [0.15, 0.2) is 11.6 Å². The third-order valence-electron chi connectivity index (χ3n) is 2.82. The van der Waals surface area contributed by atoms with Crippen LogP contribution in [0.25, 0.3) is 0 Å². The number of hydrogen-bond donors (Lipinski definition) is 1. The van der Waals surface area contributed by atoms with E-state index in [2.05, 4.69) is 20.8 Å². The number of rotatable bonds is 4. The fraction of sp³-hybridized carbons (Fsp3) is 0.571. The molecular formula is C14H22F2N2. The van der Waals surface area contributed by atoms with E-state index in [1.807, 2.05) is 11.9 Å². The van der Waals surface area contributed by atoms with E-state index in [4.69, 9.17) is 5.73 Å². The fourth-order valence-electron chi connectivity index (χ4n) is 2.18. The molecule has 1 rings (SSSR count). The summed E-state index contributed by atoms with van der Waals surface area (Å²) in [6, 6.07) is 3.92. The maximum atomic E-state index is 13.8. The molecule has 0 bridgehead atoms. The zero-order chi connectivity index (χ0) is 13.9. The summed E-state index contributed by atoms with van der Waals surface area (Å²) < 4.78 is 27.0. The molecule has 1 aromatic carbocycles. The van der Waals surface area contributed by atoms with Gasteiger partial charge in [-0.1, -0.05) is 32.9 Å². The summed E-state index contributed by atoms with van der Waals surface area (Å²) in [5.74, 6) is -1.62. The van der Waals surface area contributed by atoms with Crippen molar-refractivity contribution >= 4 is 0 Å². The molecule has 0 fully saturated rings. The predicted octanol–water partition coefficient (Wildman–Crippen LogP) is 2.94. The smallest absolute Gasteiger partial charge is 0.163 e. The number of benzene rings is 1. The second kappa shape index (κ2) is 5.76. The van der Waals surface area contributed by atoms with Gasteiger partial charge in [-0.2, -0.15) is 0 Å². The first-order valence-electron chi connectivity index (χ1n) is 6.10. The summed E-state index contributed by atoms with van der Waals surface area (Å²) in [5.41, 5.74) is 6.11. The molecule has 1 atom stereocenters. The van der Waals surface area contributed by atoms with Crippen LogP contribution >= 0.6 is 0 Å². The summed E-state index contributed by atoms with van der Waals surface area (Å²) in [6.45, 7) is 7.30. The molecule has 0 aliphatic carbocycles. The van der Waals surface area contributed by atoms with Gasteiger partial charge in [-0.25, -0.2) is 8.78 Å². The number of nitrogens with two attached hydrogens (primary N) is 1. The summed E-state index contributed by atoms with van der Waals surface area (Å²) in [6.07, 6.45) is 0. The summed E-state index contributed by atoms with van der Waals surface area (Å²) in [5, 5.41) is 0. The first-order valence-corrected chi connectivity index (χ1v) is 6.10. The molecule has 2 nitrogen and oxygen atoms in total. The Balaban J connectivity index is 2.99. The van der Waals surface area contributed by atoms with E-state index < -0.39 is 11.6 Å². The third-order valence-corrected chi connectivity index (χ3v) is 2.82. The Morgan fingerprint density at radius 2 is 1.89 bits per heavy atom. The van der Waals surface area contributed by atoms with Gasteiger partial charge in [0.2, 0.25) is 0 Å². The van der Waals surface area contributed by atoms with Crippen molar-refractivity contribution in [2.24, 2.45) is 11.1 Å². The molecule has 102 valence electrons. The lowest BCUT2D eigenvalue weighted by Gasteiger charge is -2.33. The van der Waals surface area contributed by atoms with Gasteiger partial charge in [-0.3, -0.25) is 4.90 Å². The third kappa shape index (κ3) is 3.75. The topological polar surface area (TPSA) is 29.3 Å². The Hall–Kier alpha value is -1.00. The van der Waals surface area contributed by atoms with Crippen LogP contribution in [0.3, 0.4) is 0 Å². The average molecular weight is 256 g/mol. The van der Waals surface area contributed by atoms with Crippen LogP contribution < -0.4 is 5.73 Å². The van der Waals surface area contributed by atoms with Gasteiger partial charge in [0, 0.05) is 24.7 Å². The summed E-state index contributed by atoms with van der Waals surface area (Å²) >= 11 is 0. The number of halogens is 2. The molecule has 0 radical (unpaired) electrons. The zero-order valence-electron chi connectivity index (χ0n) is 11.5. The molecule has 0 amide bonds. The molecule has 1 unspecified atom stereocenters. The minimum absolute atomic E-state index is 0.0754. The van der Waals surface area contributed by atoms with Crippen molar-refractivity contribution < 1.29 is 8.78 Å². The molecule has 4 heteroatoms. The Morgan fingerprint density at radius 3 is 2.39 bits per heavy atom. The van der Waals surface area contributed by atoms with Crippen molar-refractivity contribution in [1.29, 1.82) is 0 Å². The highest BCUT2D eigenvalue weighted by Gasteiger charge is 2.24. The van der Waals surface area contributed by atoms with E-state index in [1.165, 1.54) is 6.07 Å². The lowest BCUT2D eigenvalue weighted by molar-refractivity contribution is 0.172. The van der Waals surface area contributed by atoms with Crippen molar-refractivity contribution in [2.45, 2.75) is 26.8 Å². The Morgan fingerprint density at radius 1 is 1.28 bits per heavy atom. The molecule has 0 aliphatic heterocycles.